The molecule has 0 aliphatic heterocycles. The van der Waals surface area contributed by atoms with E-state index in [0.29, 0.717) is 0 Å². The molecule has 86 valence electrons. The number of aliphatic hydroxyl groups excluding tert-OH is 1. The van der Waals surface area contributed by atoms with Gasteiger partial charge in [0.1, 0.15) is 0 Å². The third-order valence-electron chi connectivity index (χ3n) is 2.70. The highest BCUT2D eigenvalue weighted by Gasteiger charge is 2.26. The summed E-state index contributed by atoms with van der Waals surface area (Å²) in [6, 6.07) is 0.223. The average molecular weight is 228 g/mol. The molecule has 3 nitrogen and oxygen atoms in total. The molecule has 0 aliphatic carbocycles. The number of nitrogens with zero attached hydrogens (tertiary/aromatic N) is 1. The van der Waals surface area contributed by atoms with E-state index in [9.17, 15) is 5.11 Å². The van der Waals surface area contributed by atoms with Gasteiger partial charge in [0.2, 0.25) is 0 Å². The maximum Gasteiger partial charge on any atom is 0.0897 e. The van der Waals surface area contributed by atoms with Crippen LogP contribution < -0.4 is 5.32 Å². The normalized spacial score (nSPS) is 16.4. The molecule has 15 heavy (non-hydrogen) atoms. The summed E-state index contributed by atoms with van der Waals surface area (Å²) in [4.78, 5) is 5.44. The molecular weight excluding hydrogens is 208 g/mol. The number of aliphatic hydroxyl groups is 1. The molecule has 2 unspecified atom stereocenters. The fourth-order valence-electron chi connectivity index (χ4n) is 1.33. The Hall–Kier alpha value is -0.450. The van der Waals surface area contributed by atoms with E-state index in [-0.39, 0.29) is 17.7 Å². The van der Waals surface area contributed by atoms with Crippen LogP contribution in [0.1, 0.15) is 43.6 Å². The predicted molar refractivity (Wildman–Crippen MR) is 64.2 cm³/mol. The molecule has 0 spiro atoms. The van der Waals surface area contributed by atoms with Crippen molar-refractivity contribution in [2.75, 3.05) is 0 Å². The standard InChI is InChI=1S/C11H20N2OS/c1-7(10-6-12-9(3)15-10)13-11(4,5)8(2)14/h6-8,13-14H,1-5H3. The van der Waals surface area contributed by atoms with Crippen LogP contribution in [0.4, 0.5) is 0 Å². The largest absolute Gasteiger partial charge is 0.392 e. The van der Waals surface area contributed by atoms with Crippen molar-refractivity contribution in [1.82, 2.24) is 10.3 Å². The molecule has 1 rings (SSSR count). The molecule has 1 aromatic heterocycles. The average Bonchev–Trinajstić information content (AvgIpc) is 2.50. The monoisotopic (exact) mass is 228 g/mol. The quantitative estimate of drug-likeness (QED) is 0.831. The van der Waals surface area contributed by atoms with Gasteiger partial charge in [-0.3, -0.25) is 0 Å². The first-order chi connectivity index (χ1) is 6.83. The van der Waals surface area contributed by atoms with E-state index < -0.39 is 0 Å². The molecule has 0 bridgehead atoms. The molecule has 4 heteroatoms. The van der Waals surface area contributed by atoms with Crippen LogP contribution in [-0.4, -0.2) is 21.7 Å². The number of aromatic nitrogens is 1. The summed E-state index contributed by atoms with van der Waals surface area (Å²) in [7, 11) is 0. The summed E-state index contributed by atoms with van der Waals surface area (Å²) in [6.07, 6.45) is 1.52. The van der Waals surface area contributed by atoms with E-state index in [2.05, 4.69) is 17.2 Å². The minimum atomic E-state index is -0.381. The summed E-state index contributed by atoms with van der Waals surface area (Å²) in [5.41, 5.74) is -0.280. The van der Waals surface area contributed by atoms with Crippen molar-refractivity contribution in [3.05, 3.63) is 16.1 Å². The van der Waals surface area contributed by atoms with Gasteiger partial charge in [0.15, 0.2) is 0 Å². The molecule has 0 aliphatic rings. The summed E-state index contributed by atoms with van der Waals surface area (Å²) >= 11 is 1.69. The van der Waals surface area contributed by atoms with Gasteiger partial charge in [-0.25, -0.2) is 4.98 Å². The fourth-order valence-corrected chi connectivity index (χ4v) is 2.12. The number of rotatable bonds is 4. The first kappa shape index (κ1) is 12.6. The molecule has 0 radical (unpaired) electrons. The highest BCUT2D eigenvalue weighted by molar-refractivity contribution is 7.11. The maximum atomic E-state index is 9.61. The lowest BCUT2D eigenvalue weighted by atomic mass is 9.97. The Labute approximate surface area is 95.6 Å². The SMILES string of the molecule is Cc1ncc(C(C)NC(C)(C)C(C)O)s1. The fraction of sp³-hybridized carbons (Fsp3) is 0.727. The zero-order valence-corrected chi connectivity index (χ0v) is 10.9. The van der Waals surface area contributed by atoms with Crippen molar-refractivity contribution in [3.8, 4) is 0 Å². The molecule has 0 fully saturated rings. The van der Waals surface area contributed by atoms with E-state index >= 15 is 0 Å². The van der Waals surface area contributed by atoms with Crippen LogP contribution in [0.25, 0.3) is 0 Å². The van der Waals surface area contributed by atoms with E-state index in [0.717, 1.165) is 5.01 Å². The van der Waals surface area contributed by atoms with Crippen molar-refractivity contribution in [2.45, 2.75) is 52.3 Å². The molecule has 1 heterocycles. The lowest BCUT2D eigenvalue weighted by Gasteiger charge is -2.32. The second-order valence-electron chi connectivity index (χ2n) is 4.55. The number of hydrogen-bond donors (Lipinski definition) is 2. The molecule has 2 atom stereocenters. The van der Waals surface area contributed by atoms with Crippen molar-refractivity contribution in [1.29, 1.82) is 0 Å². The zero-order valence-electron chi connectivity index (χ0n) is 10.0. The van der Waals surface area contributed by atoms with Crippen molar-refractivity contribution < 1.29 is 5.11 Å². The second-order valence-corrected chi connectivity index (χ2v) is 5.81. The van der Waals surface area contributed by atoms with Crippen LogP contribution in [0.5, 0.6) is 0 Å². The van der Waals surface area contributed by atoms with Gasteiger partial charge >= 0.3 is 0 Å². The van der Waals surface area contributed by atoms with Crippen LogP contribution in [0, 0.1) is 6.92 Å². The Bertz CT molecular complexity index is 320. The highest BCUT2D eigenvalue weighted by Crippen LogP contribution is 2.23. The third-order valence-corrected chi connectivity index (χ3v) is 3.79. The van der Waals surface area contributed by atoms with Gasteiger partial charge in [0.25, 0.3) is 0 Å². The number of hydrogen-bond acceptors (Lipinski definition) is 4. The third kappa shape index (κ3) is 3.26. The van der Waals surface area contributed by atoms with Crippen molar-refractivity contribution in [2.24, 2.45) is 0 Å². The van der Waals surface area contributed by atoms with E-state index in [1.165, 1.54) is 4.88 Å². The second kappa shape index (κ2) is 4.60. The van der Waals surface area contributed by atoms with Gasteiger partial charge in [-0.05, 0) is 34.6 Å². The molecule has 1 aromatic rings. The number of nitrogens with one attached hydrogen (secondary N) is 1. The Kier molecular flexibility index (Phi) is 3.87. The molecule has 0 saturated heterocycles. The van der Waals surface area contributed by atoms with Gasteiger partial charge < -0.3 is 10.4 Å². The van der Waals surface area contributed by atoms with Crippen LogP contribution in [0.2, 0.25) is 0 Å². The van der Waals surface area contributed by atoms with Gasteiger partial charge in [-0.2, -0.15) is 0 Å². The summed E-state index contributed by atoms with van der Waals surface area (Å²) in [6.45, 7) is 9.90. The summed E-state index contributed by atoms with van der Waals surface area (Å²) in [5, 5.41) is 14.1. The van der Waals surface area contributed by atoms with E-state index in [1.807, 2.05) is 27.0 Å². The number of thiazole rings is 1. The van der Waals surface area contributed by atoms with Crippen molar-refractivity contribution in [3.63, 3.8) is 0 Å². The molecule has 0 saturated carbocycles. The molecular formula is C11H20N2OS. The van der Waals surface area contributed by atoms with Crippen LogP contribution in [0.15, 0.2) is 6.20 Å². The Morgan fingerprint density at radius 3 is 2.47 bits per heavy atom. The van der Waals surface area contributed by atoms with Gasteiger partial charge in [0, 0.05) is 22.7 Å². The Morgan fingerprint density at radius 1 is 1.47 bits per heavy atom. The van der Waals surface area contributed by atoms with Crippen LogP contribution >= 0.6 is 11.3 Å². The summed E-state index contributed by atoms with van der Waals surface area (Å²) < 4.78 is 0. The molecule has 0 amide bonds. The minimum Gasteiger partial charge on any atom is -0.392 e. The number of aryl methyl sites for hydroxylation is 1. The Morgan fingerprint density at radius 2 is 2.07 bits per heavy atom. The molecule has 0 aromatic carbocycles. The maximum absolute atomic E-state index is 9.61. The lowest BCUT2D eigenvalue weighted by Crippen LogP contribution is -2.48. The van der Waals surface area contributed by atoms with Gasteiger partial charge in [-0.1, -0.05) is 0 Å². The summed E-state index contributed by atoms with van der Waals surface area (Å²) in [5.74, 6) is 0. The first-order valence-electron chi connectivity index (χ1n) is 5.21. The topological polar surface area (TPSA) is 45.2 Å². The smallest absolute Gasteiger partial charge is 0.0897 e. The van der Waals surface area contributed by atoms with Crippen molar-refractivity contribution >= 4 is 11.3 Å². The van der Waals surface area contributed by atoms with Gasteiger partial charge in [-0.15, -0.1) is 11.3 Å². The Balaban J connectivity index is 2.67. The van der Waals surface area contributed by atoms with Gasteiger partial charge in [0.05, 0.1) is 11.1 Å². The minimum absolute atomic E-state index is 0.223. The van der Waals surface area contributed by atoms with E-state index in [1.54, 1.807) is 18.3 Å². The lowest BCUT2D eigenvalue weighted by molar-refractivity contribution is 0.0898. The first-order valence-corrected chi connectivity index (χ1v) is 6.02. The van der Waals surface area contributed by atoms with E-state index in [4.69, 9.17) is 0 Å². The molecule has 2 N–H and O–H groups in total. The van der Waals surface area contributed by atoms with Crippen LogP contribution in [0.3, 0.4) is 0 Å². The zero-order chi connectivity index (χ0) is 11.6. The predicted octanol–water partition coefficient (Wildman–Crippen LogP) is 2.26. The highest BCUT2D eigenvalue weighted by atomic mass is 32.1. The van der Waals surface area contributed by atoms with Crippen LogP contribution in [-0.2, 0) is 0 Å².